The number of ether oxygens (including phenoxy) is 1. The number of hydrogen-bond donors (Lipinski definition) is 1. The molecule has 0 saturated carbocycles. The molecule has 3 fully saturated rings. The number of hydrogen-bond acceptors (Lipinski definition) is 6. The fourth-order valence-electron chi connectivity index (χ4n) is 6.26. The van der Waals surface area contributed by atoms with Crippen LogP contribution in [-0.4, -0.2) is 82.0 Å². The highest BCUT2D eigenvalue weighted by Crippen LogP contribution is 2.42. The third kappa shape index (κ3) is 7.06. The lowest BCUT2D eigenvalue weighted by Crippen LogP contribution is -2.59. The molecule has 4 rings (SSSR count). The number of nitriles is 1. The lowest BCUT2D eigenvalue weighted by molar-refractivity contribution is -0.143. The molecule has 0 aromatic heterocycles. The number of nitrogens with zero attached hydrogens (tertiary/aromatic N) is 4. The number of fused-ring (bicyclic) bond motifs is 2. The Hall–Kier alpha value is -3.54. The van der Waals surface area contributed by atoms with E-state index in [9.17, 15) is 46.0 Å². The molecule has 6 unspecified atom stereocenters. The highest BCUT2D eigenvalue weighted by Gasteiger charge is 2.52. The van der Waals surface area contributed by atoms with Crippen LogP contribution >= 0.6 is 0 Å². The Labute approximate surface area is 251 Å². The van der Waals surface area contributed by atoms with Crippen molar-refractivity contribution in [3.63, 3.8) is 0 Å². The van der Waals surface area contributed by atoms with E-state index in [0.29, 0.717) is 25.1 Å². The quantitative estimate of drug-likeness (QED) is 0.456. The van der Waals surface area contributed by atoms with Gasteiger partial charge in [0.1, 0.15) is 17.7 Å². The molecule has 242 valence electrons. The molecule has 15 heteroatoms. The lowest BCUT2D eigenvalue weighted by Gasteiger charge is -2.39. The SMILES string of the molecule is CC1CC(C#N)N(C(=O)C(CN2CC3CC2C(=O)N3C(C)c2cc(C(F)(F)F)cc(C(F)(F)F)c2)NC(=O)OC(C)(C)C)C1. The highest BCUT2D eigenvalue weighted by molar-refractivity contribution is 5.88. The van der Waals surface area contributed by atoms with Crippen LogP contribution in [0.2, 0.25) is 0 Å². The standard InChI is InChI=1S/C29H35F6N5O4/c1-15-6-20(11-36)39(12-15)24(41)22(37-26(43)44-27(3,4)5)14-38-13-21-10-23(38)25(42)40(21)16(2)17-7-18(28(30,31)32)9-19(8-17)29(33,34)35/h7-9,15-16,20-23H,6,10,12-14H2,1-5H3,(H,37,43). The van der Waals surface area contributed by atoms with E-state index >= 15 is 0 Å². The molecule has 1 aromatic rings. The van der Waals surface area contributed by atoms with Crippen LogP contribution in [0.1, 0.15) is 70.2 Å². The first-order valence-electron chi connectivity index (χ1n) is 14.2. The van der Waals surface area contributed by atoms with Crippen LogP contribution in [0.4, 0.5) is 31.1 Å². The van der Waals surface area contributed by atoms with Crippen molar-refractivity contribution in [2.45, 2.75) is 95.6 Å². The second-order valence-electron chi connectivity index (χ2n) is 12.8. The summed E-state index contributed by atoms with van der Waals surface area (Å²) in [6, 6.07) is -0.931. The third-order valence-corrected chi connectivity index (χ3v) is 8.17. The van der Waals surface area contributed by atoms with Crippen LogP contribution in [0.25, 0.3) is 0 Å². The Morgan fingerprint density at radius 3 is 2.14 bits per heavy atom. The first kappa shape index (κ1) is 33.4. The van der Waals surface area contributed by atoms with Gasteiger partial charge in [0, 0.05) is 25.7 Å². The molecular formula is C29H35F6N5O4. The molecule has 6 atom stereocenters. The second kappa shape index (κ2) is 11.8. The Morgan fingerprint density at radius 1 is 1.05 bits per heavy atom. The zero-order chi connectivity index (χ0) is 32.9. The Kier molecular flexibility index (Phi) is 8.91. The summed E-state index contributed by atoms with van der Waals surface area (Å²) in [4.78, 5) is 44.2. The minimum atomic E-state index is -5.03. The molecule has 0 aliphatic carbocycles. The van der Waals surface area contributed by atoms with E-state index in [0.717, 1.165) is 0 Å². The summed E-state index contributed by atoms with van der Waals surface area (Å²) in [5, 5.41) is 12.2. The number of nitrogens with one attached hydrogen (secondary N) is 1. The van der Waals surface area contributed by atoms with E-state index in [1.54, 1.807) is 25.7 Å². The number of rotatable bonds is 6. The van der Waals surface area contributed by atoms with Gasteiger partial charge in [-0.15, -0.1) is 0 Å². The van der Waals surface area contributed by atoms with Gasteiger partial charge in [-0.2, -0.15) is 31.6 Å². The third-order valence-electron chi connectivity index (χ3n) is 8.17. The van der Waals surface area contributed by atoms with Gasteiger partial charge in [0.15, 0.2) is 0 Å². The van der Waals surface area contributed by atoms with Crippen LogP contribution < -0.4 is 5.32 Å². The molecule has 3 saturated heterocycles. The van der Waals surface area contributed by atoms with Crippen LogP contribution in [0.3, 0.4) is 0 Å². The average Bonchev–Trinajstić information content (AvgIpc) is 3.57. The van der Waals surface area contributed by atoms with Gasteiger partial charge in [0.2, 0.25) is 11.8 Å². The van der Waals surface area contributed by atoms with Crippen molar-refractivity contribution in [3.05, 3.63) is 34.9 Å². The van der Waals surface area contributed by atoms with Gasteiger partial charge in [0.05, 0.1) is 29.3 Å². The summed E-state index contributed by atoms with van der Waals surface area (Å²) in [5.41, 5.74) is -4.10. The topological polar surface area (TPSA) is 106 Å². The van der Waals surface area contributed by atoms with Gasteiger partial charge in [-0.1, -0.05) is 6.92 Å². The maximum Gasteiger partial charge on any atom is 0.416 e. The zero-order valence-electron chi connectivity index (χ0n) is 24.9. The van der Waals surface area contributed by atoms with E-state index < -0.39 is 77.2 Å². The average molecular weight is 632 g/mol. The maximum atomic E-state index is 13.6. The predicted molar refractivity (Wildman–Crippen MR) is 144 cm³/mol. The Balaban J connectivity index is 1.55. The maximum absolute atomic E-state index is 13.6. The zero-order valence-corrected chi connectivity index (χ0v) is 24.9. The van der Waals surface area contributed by atoms with Crippen LogP contribution in [-0.2, 0) is 26.7 Å². The van der Waals surface area contributed by atoms with Crippen LogP contribution in [0, 0.1) is 17.2 Å². The van der Waals surface area contributed by atoms with E-state index in [1.807, 2.05) is 6.92 Å². The number of benzene rings is 1. The smallest absolute Gasteiger partial charge is 0.416 e. The van der Waals surface area contributed by atoms with Crippen LogP contribution in [0.5, 0.6) is 0 Å². The lowest BCUT2D eigenvalue weighted by atomic mass is 9.98. The normalized spacial score (nSPS) is 25.6. The minimum Gasteiger partial charge on any atom is -0.444 e. The molecule has 1 N–H and O–H groups in total. The molecule has 1 aromatic carbocycles. The highest BCUT2D eigenvalue weighted by atomic mass is 19.4. The molecule has 44 heavy (non-hydrogen) atoms. The van der Waals surface area contributed by atoms with E-state index in [4.69, 9.17) is 4.74 Å². The Morgan fingerprint density at radius 2 is 1.64 bits per heavy atom. The molecule has 9 nitrogen and oxygen atoms in total. The number of amides is 3. The summed E-state index contributed by atoms with van der Waals surface area (Å²) in [5.74, 6) is -0.970. The van der Waals surface area contributed by atoms with Gasteiger partial charge in [-0.25, -0.2) is 4.79 Å². The summed E-state index contributed by atoms with van der Waals surface area (Å²) >= 11 is 0. The molecule has 3 aliphatic heterocycles. The van der Waals surface area contributed by atoms with Crippen molar-refractivity contribution >= 4 is 17.9 Å². The molecule has 0 radical (unpaired) electrons. The van der Waals surface area contributed by atoms with Crippen molar-refractivity contribution in [1.29, 1.82) is 5.26 Å². The predicted octanol–water partition coefficient (Wildman–Crippen LogP) is 4.72. The van der Waals surface area contributed by atoms with Gasteiger partial charge in [-0.05, 0) is 70.2 Å². The molecule has 3 amide bonds. The summed E-state index contributed by atoms with van der Waals surface area (Å²) in [6.07, 6.45) is -10.2. The molecule has 3 aliphatic rings. The fraction of sp³-hybridized carbons (Fsp3) is 0.655. The second-order valence-corrected chi connectivity index (χ2v) is 12.8. The van der Waals surface area contributed by atoms with Gasteiger partial charge in [-0.3, -0.25) is 14.5 Å². The van der Waals surface area contributed by atoms with E-state index in [1.165, 1.54) is 16.7 Å². The van der Waals surface area contributed by atoms with Gasteiger partial charge in [0.25, 0.3) is 0 Å². The number of alkyl carbamates (subject to hydrolysis) is 1. The van der Waals surface area contributed by atoms with Gasteiger partial charge >= 0.3 is 18.4 Å². The molecule has 2 bridgehead atoms. The number of carbonyl (C=O) groups is 3. The first-order chi connectivity index (χ1) is 20.2. The van der Waals surface area contributed by atoms with Crippen molar-refractivity contribution in [3.8, 4) is 6.07 Å². The number of carbonyl (C=O) groups excluding carboxylic acids is 3. The number of halogens is 6. The van der Waals surface area contributed by atoms with Crippen molar-refractivity contribution < 1.29 is 45.5 Å². The minimum absolute atomic E-state index is 0.0444. The number of piperazine rings is 1. The van der Waals surface area contributed by atoms with Crippen LogP contribution in [0.15, 0.2) is 18.2 Å². The summed E-state index contributed by atoms with van der Waals surface area (Å²) in [6.45, 7) is 8.57. The molecular weight excluding hydrogens is 596 g/mol. The van der Waals surface area contributed by atoms with Crippen molar-refractivity contribution in [2.24, 2.45) is 5.92 Å². The Bertz CT molecular complexity index is 1300. The van der Waals surface area contributed by atoms with Crippen molar-refractivity contribution in [1.82, 2.24) is 20.0 Å². The van der Waals surface area contributed by atoms with Gasteiger partial charge < -0.3 is 19.9 Å². The largest absolute Gasteiger partial charge is 0.444 e. The fourth-order valence-corrected chi connectivity index (χ4v) is 6.26. The first-order valence-corrected chi connectivity index (χ1v) is 14.2. The summed E-state index contributed by atoms with van der Waals surface area (Å²) in [7, 11) is 0. The monoisotopic (exact) mass is 631 g/mol. The van der Waals surface area contributed by atoms with E-state index in [-0.39, 0.29) is 37.1 Å². The summed E-state index contributed by atoms with van der Waals surface area (Å²) < 4.78 is 86.1. The number of alkyl halides is 6. The molecule has 0 spiro atoms. The van der Waals surface area contributed by atoms with E-state index in [2.05, 4.69) is 11.4 Å². The molecule has 3 heterocycles. The van der Waals surface area contributed by atoms with Crippen molar-refractivity contribution in [2.75, 3.05) is 19.6 Å². The number of likely N-dealkylation sites (tertiary alicyclic amines) is 3.